The van der Waals surface area contributed by atoms with Gasteiger partial charge in [0.15, 0.2) is 5.82 Å². The number of nitrogens with zero attached hydrogens (tertiary/aromatic N) is 2. The fourth-order valence-electron chi connectivity index (χ4n) is 4.13. The van der Waals surface area contributed by atoms with Gasteiger partial charge < -0.3 is 25.2 Å². The van der Waals surface area contributed by atoms with E-state index in [2.05, 4.69) is 21.5 Å². The second kappa shape index (κ2) is 9.03. The molecule has 0 aromatic carbocycles. The van der Waals surface area contributed by atoms with Crippen molar-refractivity contribution in [2.45, 2.75) is 76.2 Å². The quantitative estimate of drug-likeness (QED) is 0.518. The van der Waals surface area contributed by atoms with E-state index in [1.165, 1.54) is 11.3 Å². The summed E-state index contributed by atoms with van der Waals surface area (Å²) in [5, 5.41) is 32.5. The molecule has 2 heterocycles. The highest BCUT2D eigenvalue weighted by atomic mass is 32.1. The van der Waals surface area contributed by atoms with Gasteiger partial charge in [-0.3, -0.25) is 4.79 Å². The number of carbonyl (C=O) groups excluding carboxylic acids is 1. The minimum absolute atomic E-state index is 0.0340. The van der Waals surface area contributed by atoms with Crippen LogP contribution < -0.4 is 5.32 Å². The molecule has 0 spiro atoms. The summed E-state index contributed by atoms with van der Waals surface area (Å²) >= 11 is 1.54. The van der Waals surface area contributed by atoms with Gasteiger partial charge >= 0.3 is 6.16 Å². The first kappa shape index (κ1) is 22.5. The maximum Gasteiger partial charge on any atom is 0.503 e. The first-order valence-corrected chi connectivity index (χ1v) is 11.7. The Morgan fingerprint density at radius 1 is 1.25 bits per heavy atom. The molecule has 1 saturated carbocycles. The lowest BCUT2D eigenvalue weighted by Gasteiger charge is -2.27. The second-order valence-electron chi connectivity index (χ2n) is 8.83. The van der Waals surface area contributed by atoms with E-state index in [0.29, 0.717) is 24.7 Å². The van der Waals surface area contributed by atoms with E-state index in [-0.39, 0.29) is 5.91 Å². The van der Waals surface area contributed by atoms with Gasteiger partial charge in [-0.15, -0.1) is 11.3 Å². The maximum absolute atomic E-state index is 12.8. The number of fused-ring (bicyclic) bond motifs is 1. The van der Waals surface area contributed by atoms with Crippen LogP contribution >= 0.6 is 11.3 Å². The Balaban J connectivity index is 0.000000567. The monoisotopic (exact) mass is 461 g/mol. The Morgan fingerprint density at radius 3 is 2.66 bits per heavy atom. The number of carbonyl (C=O) groups is 2. The molecule has 0 saturated heterocycles. The van der Waals surface area contributed by atoms with Gasteiger partial charge in [0.2, 0.25) is 0 Å². The maximum atomic E-state index is 12.8. The smallest absolute Gasteiger partial charge is 0.450 e. The van der Waals surface area contributed by atoms with Crippen molar-refractivity contribution in [2.75, 3.05) is 5.32 Å². The lowest BCUT2D eigenvalue weighted by Crippen LogP contribution is -2.31. The van der Waals surface area contributed by atoms with Gasteiger partial charge in [0, 0.05) is 22.8 Å². The van der Waals surface area contributed by atoms with E-state index in [9.17, 15) is 9.90 Å². The normalized spacial score (nSPS) is 22.2. The lowest BCUT2D eigenvalue weighted by atomic mass is 9.85. The van der Waals surface area contributed by atoms with Crippen molar-refractivity contribution >= 4 is 28.4 Å². The first-order valence-electron chi connectivity index (χ1n) is 10.9. The first-order chi connectivity index (χ1) is 15.2. The predicted molar refractivity (Wildman–Crippen MR) is 118 cm³/mol. The Morgan fingerprint density at radius 2 is 2.00 bits per heavy atom. The molecule has 2 aromatic heterocycles. The van der Waals surface area contributed by atoms with Gasteiger partial charge in [-0.25, -0.2) is 4.79 Å². The van der Waals surface area contributed by atoms with E-state index >= 15 is 0 Å². The minimum atomic E-state index is -1.83. The summed E-state index contributed by atoms with van der Waals surface area (Å²) in [7, 11) is 0. The molecule has 0 aliphatic heterocycles. The number of amides is 1. The summed E-state index contributed by atoms with van der Waals surface area (Å²) in [6, 6.07) is 0. The largest absolute Gasteiger partial charge is 0.503 e. The molecule has 1 atom stereocenters. The van der Waals surface area contributed by atoms with E-state index in [4.69, 9.17) is 19.5 Å². The van der Waals surface area contributed by atoms with Gasteiger partial charge in [0.1, 0.15) is 5.00 Å². The Hall–Kier alpha value is -2.72. The average molecular weight is 462 g/mol. The Labute approximate surface area is 189 Å². The van der Waals surface area contributed by atoms with E-state index in [1.54, 1.807) is 0 Å². The molecule has 32 heavy (non-hydrogen) atoms. The summed E-state index contributed by atoms with van der Waals surface area (Å²) in [6.07, 6.45) is 8.46. The van der Waals surface area contributed by atoms with Crippen LogP contribution in [0.25, 0.3) is 11.5 Å². The van der Waals surface area contributed by atoms with Crippen molar-refractivity contribution in [3.05, 3.63) is 27.9 Å². The molecule has 10 heteroatoms. The molecule has 1 fully saturated rings. The van der Waals surface area contributed by atoms with Gasteiger partial charge in [-0.1, -0.05) is 11.2 Å². The zero-order valence-electron chi connectivity index (χ0n) is 17.9. The van der Waals surface area contributed by atoms with Crippen LogP contribution in [0, 0.1) is 0 Å². The van der Waals surface area contributed by atoms with Gasteiger partial charge in [0.05, 0.1) is 11.2 Å². The SMILES string of the molecule is CC1(O)CCc2c(sc(NC(=O)C3=CCCCC3)c2-c2nc(C3CC3)no2)C1.O=C(O)O. The number of carboxylic acid groups (broad SMARTS) is 2. The fourth-order valence-corrected chi connectivity index (χ4v) is 5.55. The number of nitrogens with one attached hydrogen (secondary N) is 1. The molecular weight excluding hydrogens is 434 g/mol. The number of anilines is 1. The molecule has 0 radical (unpaired) electrons. The number of rotatable bonds is 4. The van der Waals surface area contributed by atoms with Crippen molar-refractivity contribution in [3.8, 4) is 11.5 Å². The van der Waals surface area contributed by atoms with E-state index in [1.807, 2.05) is 6.92 Å². The van der Waals surface area contributed by atoms with Gasteiger partial charge in [0.25, 0.3) is 11.8 Å². The third-order valence-corrected chi connectivity index (χ3v) is 7.10. The summed E-state index contributed by atoms with van der Waals surface area (Å²) in [5.41, 5.74) is 2.14. The number of hydrogen-bond acceptors (Lipinski definition) is 7. The summed E-state index contributed by atoms with van der Waals surface area (Å²) < 4.78 is 5.61. The Bertz CT molecular complexity index is 1050. The molecule has 3 aliphatic rings. The predicted octanol–water partition coefficient (Wildman–Crippen LogP) is 4.58. The number of thiophene rings is 1. The highest BCUT2D eigenvalue weighted by Gasteiger charge is 2.35. The zero-order valence-corrected chi connectivity index (χ0v) is 18.7. The lowest BCUT2D eigenvalue weighted by molar-refractivity contribution is -0.113. The topological polar surface area (TPSA) is 146 Å². The van der Waals surface area contributed by atoms with Crippen molar-refractivity contribution in [2.24, 2.45) is 0 Å². The van der Waals surface area contributed by atoms with Crippen LogP contribution in [-0.4, -0.2) is 43.1 Å². The molecule has 3 aliphatic carbocycles. The number of allylic oxidation sites excluding steroid dienone is 1. The van der Waals surface area contributed by atoms with Crippen LogP contribution in [0.15, 0.2) is 16.2 Å². The molecule has 4 N–H and O–H groups in total. The number of hydrogen-bond donors (Lipinski definition) is 4. The van der Waals surface area contributed by atoms with Crippen molar-refractivity contribution in [1.82, 2.24) is 10.1 Å². The minimum Gasteiger partial charge on any atom is -0.450 e. The van der Waals surface area contributed by atoms with E-state index < -0.39 is 11.8 Å². The van der Waals surface area contributed by atoms with Crippen molar-refractivity contribution in [3.63, 3.8) is 0 Å². The third-order valence-electron chi connectivity index (χ3n) is 5.95. The third kappa shape index (κ3) is 5.18. The Kier molecular flexibility index (Phi) is 6.34. The highest BCUT2D eigenvalue weighted by molar-refractivity contribution is 7.17. The van der Waals surface area contributed by atoms with Crippen LogP contribution in [0.4, 0.5) is 9.80 Å². The van der Waals surface area contributed by atoms with Gasteiger partial charge in [-0.2, -0.15) is 4.98 Å². The molecule has 2 aromatic rings. The van der Waals surface area contributed by atoms with Crippen LogP contribution in [-0.2, 0) is 17.6 Å². The summed E-state index contributed by atoms with van der Waals surface area (Å²) in [5.74, 6) is 1.64. The van der Waals surface area contributed by atoms with Gasteiger partial charge in [-0.05, 0) is 63.9 Å². The molecule has 0 bridgehead atoms. The summed E-state index contributed by atoms with van der Waals surface area (Å²) in [6.45, 7) is 1.87. The average Bonchev–Trinajstić information content (AvgIpc) is 3.37. The fraction of sp³-hybridized carbons (Fsp3) is 0.545. The molecular formula is C22H27N3O6S. The van der Waals surface area contributed by atoms with Crippen LogP contribution in [0.1, 0.15) is 74.1 Å². The van der Waals surface area contributed by atoms with Crippen LogP contribution in [0.3, 0.4) is 0 Å². The van der Waals surface area contributed by atoms with Crippen LogP contribution in [0.5, 0.6) is 0 Å². The molecule has 172 valence electrons. The second-order valence-corrected chi connectivity index (χ2v) is 9.93. The number of aromatic nitrogens is 2. The molecule has 9 nitrogen and oxygen atoms in total. The highest BCUT2D eigenvalue weighted by Crippen LogP contribution is 2.47. The van der Waals surface area contributed by atoms with Crippen LogP contribution in [0.2, 0.25) is 0 Å². The van der Waals surface area contributed by atoms with E-state index in [0.717, 1.165) is 77.3 Å². The molecule has 1 amide bonds. The molecule has 5 rings (SSSR count). The zero-order chi connectivity index (χ0) is 22.9. The van der Waals surface area contributed by atoms with Crippen molar-refractivity contribution < 1.29 is 29.4 Å². The molecule has 1 unspecified atom stereocenters. The standard InChI is InChI=1S/C21H25N3O3S.CH2O3/c1-21(26)10-9-14-15(11-21)28-20(23-18(25)13-5-3-2-4-6-13)16(14)19-22-17(24-27-19)12-7-8-12;2-1(3)4/h5,12,26H,2-4,6-11H2,1H3,(H,23,25);(H2,2,3,4). The number of aliphatic hydroxyl groups is 1. The summed E-state index contributed by atoms with van der Waals surface area (Å²) in [4.78, 5) is 27.1. The van der Waals surface area contributed by atoms with Crippen molar-refractivity contribution in [1.29, 1.82) is 0 Å².